The summed E-state index contributed by atoms with van der Waals surface area (Å²) in [6, 6.07) is 5.87. The van der Waals surface area contributed by atoms with Gasteiger partial charge in [0.15, 0.2) is 5.78 Å². The predicted molar refractivity (Wildman–Crippen MR) is 63.5 cm³/mol. The van der Waals surface area contributed by atoms with Gasteiger partial charge >= 0.3 is 0 Å². The van der Waals surface area contributed by atoms with Crippen LogP contribution in [0.25, 0.3) is 0 Å². The molecule has 3 heteroatoms. The van der Waals surface area contributed by atoms with Crippen molar-refractivity contribution in [3.8, 4) is 0 Å². The summed E-state index contributed by atoms with van der Waals surface area (Å²) in [4.78, 5) is 13.8. The fraction of sp³-hybridized carbons (Fsp3) is 0.417. The third kappa shape index (κ3) is 2.57. The first kappa shape index (κ1) is 11.7. The summed E-state index contributed by atoms with van der Waals surface area (Å²) in [5.74, 6) is 0.124. The molecule has 1 rings (SSSR count). The third-order valence-corrected chi connectivity index (χ3v) is 2.38. The zero-order chi connectivity index (χ0) is 11.4. The smallest absolute Gasteiger partial charge is 0.166 e. The number of Topliss-reactive ketones (excluding diaryl/α,β-unsaturated/α-hetero) is 1. The van der Waals surface area contributed by atoms with Crippen molar-refractivity contribution in [2.24, 2.45) is 5.73 Å². The summed E-state index contributed by atoms with van der Waals surface area (Å²) in [7, 11) is 3.88. The Kier molecular flexibility index (Phi) is 3.86. The molecule has 1 aromatic rings. The number of nitrogens with zero attached hydrogens (tertiary/aromatic N) is 1. The van der Waals surface area contributed by atoms with E-state index in [0.717, 1.165) is 16.8 Å². The quantitative estimate of drug-likeness (QED) is 0.761. The van der Waals surface area contributed by atoms with Crippen LogP contribution in [0.5, 0.6) is 0 Å². The minimum atomic E-state index is 0.124. The second-order valence-electron chi connectivity index (χ2n) is 3.83. The van der Waals surface area contributed by atoms with Gasteiger partial charge in [-0.1, -0.05) is 12.1 Å². The summed E-state index contributed by atoms with van der Waals surface area (Å²) in [6.45, 7) is 2.36. The van der Waals surface area contributed by atoms with E-state index in [1.165, 1.54) is 0 Å². The molecule has 0 bridgehead atoms. The minimum absolute atomic E-state index is 0.124. The second-order valence-corrected chi connectivity index (χ2v) is 3.83. The Bertz CT molecular complexity index is 359. The highest BCUT2D eigenvalue weighted by molar-refractivity contribution is 6.02. The number of carbonyl (C=O) groups excluding carboxylic acids is 1. The maximum atomic E-state index is 11.9. The Balaban J connectivity index is 3.18. The maximum Gasteiger partial charge on any atom is 0.166 e. The van der Waals surface area contributed by atoms with Gasteiger partial charge in [-0.3, -0.25) is 4.79 Å². The van der Waals surface area contributed by atoms with Crippen molar-refractivity contribution >= 4 is 11.5 Å². The molecule has 0 aromatic heterocycles. The number of ketones is 1. The molecule has 0 radical (unpaired) electrons. The van der Waals surface area contributed by atoms with E-state index in [-0.39, 0.29) is 5.78 Å². The van der Waals surface area contributed by atoms with Crippen molar-refractivity contribution in [3.05, 3.63) is 29.3 Å². The van der Waals surface area contributed by atoms with Crippen LogP contribution in [-0.4, -0.2) is 26.4 Å². The molecular weight excluding hydrogens is 188 g/mol. The molecule has 0 aliphatic rings. The van der Waals surface area contributed by atoms with Crippen LogP contribution in [0.1, 0.15) is 22.3 Å². The van der Waals surface area contributed by atoms with E-state index < -0.39 is 0 Å². The highest BCUT2D eigenvalue weighted by Gasteiger charge is 2.14. The Labute approximate surface area is 90.9 Å². The molecule has 0 saturated carbocycles. The molecular formula is C12H18N2O. The number of aryl methyl sites for hydroxylation is 1. The maximum absolute atomic E-state index is 11.9. The third-order valence-electron chi connectivity index (χ3n) is 2.38. The molecule has 0 aliphatic heterocycles. The molecule has 1 aromatic carbocycles. The van der Waals surface area contributed by atoms with Crippen LogP contribution < -0.4 is 10.6 Å². The van der Waals surface area contributed by atoms with E-state index in [1.54, 1.807) is 0 Å². The Morgan fingerprint density at radius 2 is 2.07 bits per heavy atom. The van der Waals surface area contributed by atoms with Crippen LogP contribution in [0.4, 0.5) is 5.69 Å². The largest absolute Gasteiger partial charge is 0.377 e. The molecule has 2 N–H and O–H groups in total. The van der Waals surface area contributed by atoms with Crippen molar-refractivity contribution in [2.75, 3.05) is 25.5 Å². The summed E-state index contributed by atoms with van der Waals surface area (Å²) >= 11 is 0. The fourth-order valence-electron chi connectivity index (χ4n) is 1.64. The molecule has 0 spiro atoms. The zero-order valence-electron chi connectivity index (χ0n) is 9.58. The van der Waals surface area contributed by atoms with Crippen LogP contribution in [0.2, 0.25) is 0 Å². The lowest BCUT2D eigenvalue weighted by molar-refractivity contribution is 0.0985. The number of hydrogen-bond donors (Lipinski definition) is 1. The van der Waals surface area contributed by atoms with Crippen molar-refractivity contribution in [1.82, 2.24) is 0 Å². The highest BCUT2D eigenvalue weighted by Crippen LogP contribution is 2.23. The molecule has 0 atom stereocenters. The molecule has 0 aliphatic carbocycles. The highest BCUT2D eigenvalue weighted by atomic mass is 16.1. The monoisotopic (exact) mass is 206 g/mol. The number of nitrogens with two attached hydrogens (primary N) is 1. The molecule has 82 valence electrons. The lowest BCUT2D eigenvalue weighted by Crippen LogP contribution is -2.17. The first-order valence-electron chi connectivity index (χ1n) is 5.08. The van der Waals surface area contributed by atoms with Gasteiger partial charge in [0.1, 0.15) is 0 Å². The van der Waals surface area contributed by atoms with Gasteiger partial charge in [0.05, 0.1) is 0 Å². The Hall–Kier alpha value is -1.35. The first-order valence-corrected chi connectivity index (χ1v) is 5.08. The van der Waals surface area contributed by atoms with Crippen molar-refractivity contribution in [1.29, 1.82) is 0 Å². The summed E-state index contributed by atoms with van der Waals surface area (Å²) < 4.78 is 0. The zero-order valence-corrected chi connectivity index (χ0v) is 9.58. The number of benzene rings is 1. The van der Waals surface area contributed by atoms with Crippen LogP contribution in [0, 0.1) is 6.92 Å². The number of carbonyl (C=O) groups is 1. The van der Waals surface area contributed by atoms with Crippen molar-refractivity contribution in [2.45, 2.75) is 13.3 Å². The fourth-order valence-corrected chi connectivity index (χ4v) is 1.64. The van der Waals surface area contributed by atoms with Gasteiger partial charge < -0.3 is 10.6 Å². The van der Waals surface area contributed by atoms with E-state index in [2.05, 4.69) is 0 Å². The van der Waals surface area contributed by atoms with Gasteiger partial charge in [0, 0.05) is 31.8 Å². The average Bonchev–Trinajstić information content (AvgIpc) is 2.17. The second kappa shape index (κ2) is 4.94. The molecule has 0 unspecified atom stereocenters. The number of hydrogen-bond acceptors (Lipinski definition) is 3. The molecule has 0 saturated heterocycles. The topological polar surface area (TPSA) is 46.3 Å². The minimum Gasteiger partial charge on any atom is -0.377 e. The van der Waals surface area contributed by atoms with Gasteiger partial charge in [-0.15, -0.1) is 0 Å². The van der Waals surface area contributed by atoms with E-state index in [9.17, 15) is 4.79 Å². The Morgan fingerprint density at radius 3 is 2.60 bits per heavy atom. The van der Waals surface area contributed by atoms with E-state index >= 15 is 0 Å². The number of anilines is 1. The van der Waals surface area contributed by atoms with Crippen molar-refractivity contribution < 1.29 is 4.79 Å². The summed E-state index contributed by atoms with van der Waals surface area (Å²) in [5, 5.41) is 0. The summed E-state index contributed by atoms with van der Waals surface area (Å²) in [5.41, 5.74) is 8.19. The van der Waals surface area contributed by atoms with Crippen LogP contribution in [-0.2, 0) is 0 Å². The molecule has 15 heavy (non-hydrogen) atoms. The normalized spacial score (nSPS) is 10.1. The Morgan fingerprint density at radius 1 is 1.40 bits per heavy atom. The molecule has 3 nitrogen and oxygen atoms in total. The standard InChI is InChI=1S/C12H18N2O/c1-9-5-4-6-10(14(2)3)12(9)11(15)7-8-13/h4-6H,7-8,13H2,1-3H3. The van der Waals surface area contributed by atoms with Gasteiger partial charge in [0.2, 0.25) is 0 Å². The van der Waals surface area contributed by atoms with E-state index in [4.69, 9.17) is 5.73 Å². The predicted octanol–water partition coefficient (Wildman–Crippen LogP) is 1.59. The lowest BCUT2D eigenvalue weighted by Gasteiger charge is -2.18. The van der Waals surface area contributed by atoms with Gasteiger partial charge in [0.25, 0.3) is 0 Å². The van der Waals surface area contributed by atoms with Crippen LogP contribution in [0.15, 0.2) is 18.2 Å². The molecule has 0 fully saturated rings. The SMILES string of the molecule is Cc1cccc(N(C)C)c1C(=O)CCN. The average molecular weight is 206 g/mol. The van der Waals surface area contributed by atoms with Crippen LogP contribution >= 0.6 is 0 Å². The van der Waals surface area contributed by atoms with Gasteiger partial charge in [-0.2, -0.15) is 0 Å². The number of rotatable bonds is 4. The van der Waals surface area contributed by atoms with Crippen molar-refractivity contribution in [3.63, 3.8) is 0 Å². The molecule has 0 heterocycles. The van der Waals surface area contributed by atoms with Gasteiger partial charge in [-0.05, 0) is 25.1 Å². The first-order chi connectivity index (χ1) is 7.07. The van der Waals surface area contributed by atoms with E-state index in [0.29, 0.717) is 13.0 Å². The van der Waals surface area contributed by atoms with E-state index in [1.807, 2.05) is 44.1 Å². The van der Waals surface area contributed by atoms with Gasteiger partial charge in [-0.25, -0.2) is 0 Å². The van der Waals surface area contributed by atoms with Crippen LogP contribution in [0.3, 0.4) is 0 Å². The lowest BCUT2D eigenvalue weighted by atomic mass is 10.00. The summed E-state index contributed by atoms with van der Waals surface area (Å²) in [6.07, 6.45) is 0.408. The molecule has 0 amide bonds.